The smallest absolute Gasteiger partial charge is 0.237 e. The summed E-state index contributed by atoms with van der Waals surface area (Å²) in [6.45, 7) is 6.14. The third-order valence-electron chi connectivity index (χ3n) is 6.39. The molecule has 0 spiro atoms. The number of hydrogen-bond acceptors (Lipinski definition) is 3. The molecule has 2 saturated carbocycles. The van der Waals surface area contributed by atoms with Gasteiger partial charge in [-0.2, -0.15) is 0 Å². The van der Waals surface area contributed by atoms with E-state index >= 15 is 0 Å². The normalized spacial score (nSPS) is 24.6. The summed E-state index contributed by atoms with van der Waals surface area (Å²) in [5.41, 5.74) is 0. The minimum absolute atomic E-state index is 0.0118. The molecule has 1 N–H and O–H groups in total. The van der Waals surface area contributed by atoms with Gasteiger partial charge in [-0.15, -0.1) is 0 Å². The summed E-state index contributed by atoms with van der Waals surface area (Å²) in [6, 6.07) is 0.0118. The molecule has 25 heavy (non-hydrogen) atoms. The van der Waals surface area contributed by atoms with Crippen LogP contribution in [0.25, 0.3) is 0 Å². The molecule has 0 unspecified atom stereocenters. The van der Waals surface area contributed by atoms with Crippen LogP contribution in [0, 0.1) is 11.8 Å². The van der Waals surface area contributed by atoms with Crippen molar-refractivity contribution in [3.63, 3.8) is 0 Å². The standard InChI is InChI=1S/C20H35N3O2/c1-2-11-21-19(24)18(16-7-3-4-8-16)22-12-14-23(15-13-22)20(25)17-9-5-6-10-17/h16-18H,2-15H2,1H3,(H,21,24)/t18-/m0/s1. The fraction of sp³-hybridized carbons (Fsp3) is 0.900. The van der Waals surface area contributed by atoms with E-state index in [0.717, 1.165) is 52.0 Å². The Labute approximate surface area is 152 Å². The number of carbonyl (C=O) groups is 2. The topological polar surface area (TPSA) is 52.7 Å². The Morgan fingerprint density at radius 3 is 2.16 bits per heavy atom. The van der Waals surface area contributed by atoms with E-state index in [1.807, 2.05) is 0 Å². The third-order valence-corrected chi connectivity index (χ3v) is 6.39. The molecule has 3 rings (SSSR count). The second-order valence-electron chi connectivity index (χ2n) is 8.12. The van der Waals surface area contributed by atoms with E-state index in [9.17, 15) is 9.59 Å². The largest absolute Gasteiger partial charge is 0.355 e. The monoisotopic (exact) mass is 349 g/mol. The SMILES string of the molecule is CCCNC(=O)[C@H](C1CCCC1)N1CCN(C(=O)C2CCCC2)CC1. The van der Waals surface area contributed by atoms with Crippen LogP contribution in [0.15, 0.2) is 0 Å². The zero-order valence-electron chi connectivity index (χ0n) is 15.8. The van der Waals surface area contributed by atoms with Gasteiger partial charge in [-0.05, 0) is 38.0 Å². The van der Waals surface area contributed by atoms with Crippen LogP contribution >= 0.6 is 0 Å². The summed E-state index contributed by atoms with van der Waals surface area (Å²) >= 11 is 0. The first-order chi connectivity index (χ1) is 12.2. The summed E-state index contributed by atoms with van der Waals surface area (Å²) in [5.74, 6) is 1.34. The molecular weight excluding hydrogens is 314 g/mol. The van der Waals surface area contributed by atoms with Gasteiger partial charge in [0.2, 0.25) is 11.8 Å². The fourth-order valence-electron chi connectivity index (χ4n) is 4.96. The Hall–Kier alpha value is -1.10. The maximum atomic E-state index is 12.8. The van der Waals surface area contributed by atoms with E-state index in [1.165, 1.54) is 38.5 Å². The first-order valence-corrected chi connectivity index (χ1v) is 10.5. The van der Waals surface area contributed by atoms with Crippen molar-refractivity contribution in [1.82, 2.24) is 15.1 Å². The molecule has 5 nitrogen and oxygen atoms in total. The predicted octanol–water partition coefficient (Wildman–Crippen LogP) is 2.41. The van der Waals surface area contributed by atoms with Gasteiger partial charge < -0.3 is 10.2 Å². The van der Waals surface area contributed by atoms with Crippen molar-refractivity contribution in [2.24, 2.45) is 11.8 Å². The lowest BCUT2D eigenvalue weighted by molar-refractivity contribution is -0.138. The Kier molecular flexibility index (Phi) is 6.74. The van der Waals surface area contributed by atoms with E-state index in [4.69, 9.17) is 0 Å². The minimum atomic E-state index is 0.0118. The third kappa shape index (κ3) is 4.55. The van der Waals surface area contributed by atoms with Crippen molar-refractivity contribution in [2.45, 2.75) is 70.8 Å². The second kappa shape index (κ2) is 9.02. The lowest BCUT2D eigenvalue weighted by atomic mass is 9.94. The first kappa shape index (κ1) is 18.7. The molecule has 0 aromatic carbocycles. The van der Waals surface area contributed by atoms with Gasteiger partial charge in [0.15, 0.2) is 0 Å². The van der Waals surface area contributed by atoms with E-state index in [-0.39, 0.29) is 17.9 Å². The molecule has 2 aliphatic carbocycles. The molecule has 1 heterocycles. The van der Waals surface area contributed by atoms with Crippen LogP contribution in [0.5, 0.6) is 0 Å². The maximum Gasteiger partial charge on any atom is 0.237 e. The van der Waals surface area contributed by atoms with Gasteiger partial charge in [-0.1, -0.05) is 32.6 Å². The summed E-state index contributed by atoms with van der Waals surface area (Å²) in [5, 5.41) is 3.12. The Morgan fingerprint density at radius 1 is 0.960 bits per heavy atom. The van der Waals surface area contributed by atoms with Crippen LogP contribution in [-0.2, 0) is 9.59 Å². The molecular formula is C20H35N3O2. The van der Waals surface area contributed by atoms with Crippen molar-refractivity contribution in [1.29, 1.82) is 0 Å². The van der Waals surface area contributed by atoms with Gasteiger partial charge in [0.25, 0.3) is 0 Å². The van der Waals surface area contributed by atoms with E-state index in [0.29, 0.717) is 11.8 Å². The lowest BCUT2D eigenvalue weighted by Gasteiger charge is -2.41. The highest BCUT2D eigenvalue weighted by molar-refractivity contribution is 5.82. The summed E-state index contributed by atoms with van der Waals surface area (Å²) in [6.07, 6.45) is 10.4. The highest BCUT2D eigenvalue weighted by Crippen LogP contribution is 2.32. The maximum absolute atomic E-state index is 12.8. The highest BCUT2D eigenvalue weighted by atomic mass is 16.2. The predicted molar refractivity (Wildman–Crippen MR) is 99.2 cm³/mol. The Balaban J connectivity index is 1.57. The molecule has 0 aromatic heterocycles. The highest BCUT2D eigenvalue weighted by Gasteiger charge is 2.38. The van der Waals surface area contributed by atoms with Crippen LogP contribution in [0.2, 0.25) is 0 Å². The number of nitrogens with zero attached hydrogens (tertiary/aromatic N) is 2. The first-order valence-electron chi connectivity index (χ1n) is 10.5. The number of hydrogen-bond donors (Lipinski definition) is 1. The van der Waals surface area contributed by atoms with Gasteiger partial charge in [-0.25, -0.2) is 0 Å². The minimum Gasteiger partial charge on any atom is -0.355 e. The molecule has 5 heteroatoms. The number of carbonyl (C=O) groups excluding carboxylic acids is 2. The molecule has 1 saturated heterocycles. The summed E-state index contributed by atoms with van der Waals surface area (Å²) in [4.78, 5) is 29.8. The van der Waals surface area contributed by atoms with Crippen molar-refractivity contribution in [2.75, 3.05) is 32.7 Å². The van der Waals surface area contributed by atoms with E-state index in [2.05, 4.69) is 22.0 Å². The van der Waals surface area contributed by atoms with Crippen LogP contribution in [-0.4, -0.2) is 60.4 Å². The molecule has 2 amide bonds. The average molecular weight is 350 g/mol. The fourth-order valence-corrected chi connectivity index (χ4v) is 4.96. The van der Waals surface area contributed by atoms with Gasteiger partial charge >= 0.3 is 0 Å². The number of nitrogens with one attached hydrogen (secondary N) is 1. The van der Waals surface area contributed by atoms with Crippen molar-refractivity contribution < 1.29 is 9.59 Å². The van der Waals surface area contributed by atoms with Gasteiger partial charge in [-0.3, -0.25) is 14.5 Å². The van der Waals surface area contributed by atoms with Gasteiger partial charge in [0, 0.05) is 38.6 Å². The zero-order valence-corrected chi connectivity index (χ0v) is 15.8. The molecule has 1 atom stereocenters. The quantitative estimate of drug-likeness (QED) is 0.801. The molecule has 1 aliphatic heterocycles. The Bertz CT molecular complexity index is 448. The molecule has 3 aliphatic rings. The molecule has 3 fully saturated rings. The van der Waals surface area contributed by atoms with Crippen molar-refractivity contribution >= 4 is 11.8 Å². The van der Waals surface area contributed by atoms with E-state index in [1.54, 1.807) is 0 Å². The molecule has 0 radical (unpaired) electrons. The van der Waals surface area contributed by atoms with Crippen molar-refractivity contribution in [3.05, 3.63) is 0 Å². The molecule has 0 bridgehead atoms. The Morgan fingerprint density at radius 2 is 1.56 bits per heavy atom. The molecule has 0 aromatic rings. The number of rotatable bonds is 6. The zero-order chi connectivity index (χ0) is 17.6. The molecule has 142 valence electrons. The summed E-state index contributed by atoms with van der Waals surface area (Å²) < 4.78 is 0. The van der Waals surface area contributed by atoms with Crippen molar-refractivity contribution in [3.8, 4) is 0 Å². The van der Waals surface area contributed by atoms with Crippen LogP contribution in [0.4, 0.5) is 0 Å². The van der Waals surface area contributed by atoms with Gasteiger partial charge in [0.05, 0.1) is 6.04 Å². The average Bonchev–Trinajstić information content (AvgIpc) is 3.34. The summed E-state index contributed by atoms with van der Waals surface area (Å²) in [7, 11) is 0. The van der Waals surface area contributed by atoms with Gasteiger partial charge in [0.1, 0.15) is 0 Å². The number of piperazine rings is 1. The second-order valence-corrected chi connectivity index (χ2v) is 8.12. The van der Waals surface area contributed by atoms with Crippen LogP contribution < -0.4 is 5.32 Å². The van der Waals surface area contributed by atoms with Crippen LogP contribution in [0.1, 0.15) is 64.7 Å². The van der Waals surface area contributed by atoms with Crippen LogP contribution in [0.3, 0.4) is 0 Å². The lowest BCUT2D eigenvalue weighted by Crippen LogP contribution is -2.58. The van der Waals surface area contributed by atoms with E-state index < -0.39 is 0 Å². The number of amides is 2.